The standard InChI is InChI=1S/C7H17NOS2/c1-7(6-8)11(9)5-3-4-10-2/h7H,3-6,8H2,1-2H3. The molecule has 0 spiro atoms. The van der Waals surface area contributed by atoms with Crippen molar-refractivity contribution in [2.45, 2.75) is 18.6 Å². The van der Waals surface area contributed by atoms with Gasteiger partial charge in [-0.2, -0.15) is 11.8 Å². The summed E-state index contributed by atoms with van der Waals surface area (Å²) in [5.41, 5.74) is 5.38. The van der Waals surface area contributed by atoms with Crippen molar-refractivity contribution in [3.8, 4) is 0 Å². The Kier molecular flexibility index (Phi) is 7.43. The third-order valence-electron chi connectivity index (χ3n) is 1.47. The van der Waals surface area contributed by atoms with Crippen molar-refractivity contribution in [1.82, 2.24) is 0 Å². The van der Waals surface area contributed by atoms with Gasteiger partial charge in [0.15, 0.2) is 0 Å². The quantitative estimate of drug-likeness (QED) is 0.639. The first-order valence-electron chi connectivity index (χ1n) is 3.78. The van der Waals surface area contributed by atoms with Crippen LogP contribution in [0.3, 0.4) is 0 Å². The first-order valence-corrected chi connectivity index (χ1v) is 6.56. The summed E-state index contributed by atoms with van der Waals surface area (Å²) in [6.07, 6.45) is 3.10. The van der Waals surface area contributed by atoms with Crippen LogP contribution in [0.1, 0.15) is 13.3 Å². The van der Waals surface area contributed by atoms with Crippen LogP contribution in [0.25, 0.3) is 0 Å². The summed E-state index contributed by atoms with van der Waals surface area (Å²) >= 11 is 1.80. The smallest absolute Gasteiger partial charge is 0.0442 e. The molecule has 0 fully saturated rings. The molecule has 2 atom stereocenters. The van der Waals surface area contributed by atoms with E-state index in [4.69, 9.17) is 5.73 Å². The Hall–Kier alpha value is 0.460. The molecule has 0 rings (SSSR count). The Balaban J connectivity index is 3.36. The van der Waals surface area contributed by atoms with Gasteiger partial charge in [0.05, 0.1) is 0 Å². The lowest BCUT2D eigenvalue weighted by Gasteiger charge is -2.07. The summed E-state index contributed by atoms with van der Waals surface area (Å²) in [6, 6.07) is 0. The van der Waals surface area contributed by atoms with E-state index in [0.29, 0.717) is 6.54 Å². The van der Waals surface area contributed by atoms with Crippen LogP contribution in [0, 0.1) is 0 Å². The molecule has 0 aliphatic heterocycles. The van der Waals surface area contributed by atoms with E-state index in [2.05, 4.69) is 6.26 Å². The van der Waals surface area contributed by atoms with E-state index in [9.17, 15) is 4.21 Å². The lowest BCUT2D eigenvalue weighted by atomic mass is 10.5. The first kappa shape index (κ1) is 11.5. The third-order valence-corrected chi connectivity index (χ3v) is 3.95. The average Bonchev–Trinajstić information content (AvgIpc) is 2.03. The van der Waals surface area contributed by atoms with Gasteiger partial charge in [0.25, 0.3) is 0 Å². The SMILES string of the molecule is CSCCCS(=O)C(C)CN. The summed E-state index contributed by atoms with van der Waals surface area (Å²) in [6.45, 7) is 2.47. The predicted octanol–water partition coefficient (Wildman–Crippen LogP) is 0.835. The van der Waals surface area contributed by atoms with Crippen LogP contribution in [-0.2, 0) is 10.8 Å². The van der Waals surface area contributed by atoms with E-state index in [1.807, 2.05) is 6.92 Å². The van der Waals surface area contributed by atoms with Crippen molar-refractivity contribution < 1.29 is 4.21 Å². The first-order chi connectivity index (χ1) is 5.22. The normalized spacial score (nSPS) is 16.3. The highest BCUT2D eigenvalue weighted by Gasteiger charge is 2.07. The zero-order valence-electron chi connectivity index (χ0n) is 7.21. The number of rotatable bonds is 6. The van der Waals surface area contributed by atoms with Crippen LogP contribution in [0.4, 0.5) is 0 Å². The molecule has 0 bridgehead atoms. The monoisotopic (exact) mass is 195 g/mol. The number of hydrogen-bond acceptors (Lipinski definition) is 3. The summed E-state index contributed by atoms with van der Waals surface area (Å²) in [7, 11) is -0.705. The molecule has 68 valence electrons. The van der Waals surface area contributed by atoms with Gasteiger partial charge in [-0.15, -0.1) is 0 Å². The molecule has 0 saturated carbocycles. The maximum Gasteiger partial charge on any atom is 0.0442 e. The second-order valence-electron chi connectivity index (χ2n) is 2.48. The average molecular weight is 195 g/mol. The van der Waals surface area contributed by atoms with Crippen LogP contribution < -0.4 is 5.73 Å². The largest absolute Gasteiger partial charge is 0.329 e. The molecular weight excluding hydrogens is 178 g/mol. The summed E-state index contributed by atoms with van der Waals surface area (Å²) in [4.78, 5) is 0. The molecule has 4 heteroatoms. The van der Waals surface area contributed by atoms with Gasteiger partial charge in [-0.3, -0.25) is 4.21 Å². The molecule has 0 saturated heterocycles. The number of nitrogens with two attached hydrogens (primary N) is 1. The van der Waals surface area contributed by atoms with Crippen molar-refractivity contribution in [2.24, 2.45) is 5.73 Å². The van der Waals surface area contributed by atoms with E-state index in [0.717, 1.165) is 17.9 Å². The molecule has 0 aliphatic rings. The molecule has 0 aliphatic carbocycles. The molecule has 11 heavy (non-hydrogen) atoms. The number of thioether (sulfide) groups is 1. The van der Waals surface area contributed by atoms with E-state index in [-0.39, 0.29) is 5.25 Å². The maximum atomic E-state index is 11.3. The molecule has 0 radical (unpaired) electrons. The molecule has 0 heterocycles. The maximum absolute atomic E-state index is 11.3. The number of hydrogen-bond donors (Lipinski definition) is 1. The molecule has 2 N–H and O–H groups in total. The van der Waals surface area contributed by atoms with E-state index < -0.39 is 10.8 Å². The Morgan fingerprint density at radius 1 is 1.64 bits per heavy atom. The molecule has 0 aromatic rings. The van der Waals surface area contributed by atoms with Gasteiger partial charge in [-0.05, 0) is 25.4 Å². The fourth-order valence-corrected chi connectivity index (χ4v) is 2.32. The second kappa shape index (κ2) is 7.13. The van der Waals surface area contributed by atoms with Crippen molar-refractivity contribution in [2.75, 3.05) is 24.3 Å². The zero-order valence-corrected chi connectivity index (χ0v) is 8.84. The van der Waals surface area contributed by atoms with Crippen molar-refractivity contribution >= 4 is 22.6 Å². The van der Waals surface area contributed by atoms with Gasteiger partial charge in [0.2, 0.25) is 0 Å². The van der Waals surface area contributed by atoms with Crippen molar-refractivity contribution in [3.63, 3.8) is 0 Å². The summed E-state index contributed by atoms with van der Waals surface area (Å²) < 4.78 is 11.3. The lowest BCUT2D eigenvalue weighted by Crippen LogP contribution is -2.23. The highest BCUT2D eigenvalue weighted by atomic mass is 32.2. The van der Waals surface area contributed by atoms with Gasteiger partial charge >= 0.3 is 0 Å². The van der Waals surface area contributed by atoms with Crippen LogP contribution in [0.2, 0.25) is 0 Å². The van der Waals surface area contributed by atoms with Gasteiger partial charge in [-0.1, -0.05) is 0 Å². The zero-order chi connectivity index (χ0) is 8.69. The topological polar surface area (TPSA) is 43.1 Å². The lowest BCUT2D eigenvalue weighted by molar-refractivity contribution is 0.672. The minimum atomic E-state index is -0.705. The molecule has 0 aromatic heterocycles. The molecule has 0 aromatic carbocycles. The minimum Gasteiger partial charge on any atom is -0.329 e. The van der Waals surface area contributed by atoms with Gasteiger partial charge in [0, 0.05) is 28.3 Å². The fourth-order valence-electron chi connectivity index (χ4n) is 0.654. The van der Waals surface area contributed by atoms with Gasteiger partial charge in [0.1, 0.15) is 0 Å². The van der Waals surface area contributed by atoms with Gasteiger partial charge in [-0.25, -0.2) is 0 Å². The Morgan fingerprint density at radius 2 is 2.27 bits per heavy atom. The van der Waals surface area contributed by atoms with Crippen LogP contribution in [0.5, 0.6) is 0 Å². The highest BCUT2D eigenvalue weighted by Crippen LogP contribution is 2.00. The summed E-state index contributed by atoms with van der Waals surface area (Å²) in [5.74, 6) is 1.90. The third kappa shape index (κ3) is 5.70. The molecule has 2 nitrogen and oxygen atoms in total. The summed E-state index contributed by atoms with van der Waals surface area (Å²) in [5, 5.41) is 0.164. The Morgan fingerprint density at radius 3 is 2.73 bits per heavy atom. The van der Waals surface area contributed by atoms with Gasteiger partial charge < -0.3 is 5.73 Å². The van der Waals surface area contributed by atoms with E-state index in [1.54, 1.807) is 11.8 Å². The van der Waals surface area contributed by atoms with Crippen molar-refractivity contribution in [1.29, 1.82) is 0 Å². The van der Waals surface area contributed by atoms with E-state index in [1.165, 1.54) is 0 Å². The minimum absolute atomic E-state index is 0.164. The van der Waals surface area contributed by atoms with Crippen molar-refractivity contribution in [3.05, 3.63) is 0 Å². The van der Waals surface area contributed by atoms with Crippen LogP contribution >= 0.6 is 11.8 Å². The molecular formula is C7H17NOS2. The highest BCUT2D eigenvalue weighted by molar-refractivity contribution is 7.98. The predicted molar refractivity (Wildman–Crippen MR) is 54.5 cm³/mol. The van der Waals surface area contributed by atoms with E-state index >= 15 is 0 Å². The second-order valence-corrected chi connectivity index (χ2v) is 5.44. The fraction of sp³-hybridized carbons (Fsp3) is 1.00. The van der Waals surface area contributed by atoms with Crippen LogP contribution in [-0.4, -0.2) is 33.8 Å². The Bertz CT molecular complexity index is 119. The van der Waals surface area contributed by atoms with Crippen LogP contribution in [0.15, 0.2) is 0 Å². The Labute approximate surface area is 75.8 Å². The molecule has 2 unspecified atom stereocenters. The molecule has 0 amide bonds.